The number of pyridine rings is 1. The summed E-state index contributed by atoms with van der Waals surface area (Å²) in [4.78, 5) is 12.8. The predicted octanol–water partition coefficient (Wildman–Crippen LogP) is -0.166. The number of fused-ring (bicyclic) bond motifs is 1. The fraction of sp³-hybridized carbons (Fsp3) is 0.333. The summed E-state index contributed by atoms with van der Waals surface area (Å²) >= 11 is 1.13. The number of aromatic nitrogens is 5. The second kappa shape index (κ2) is 6.68. The van der Waals surface area contributed by atoms with Gasteiger partial charge in [0, 0.05) is 30.3 Å². The third kappa shape index (κ3) is 2.94. The van der Waals surface area contributed by atoms with Gasteiger partial charge in [0.15, 0.2) is 11.8 Å². The first-order valence-electron chi connectivity index (χ1n) is 7.87. The highest BCUT2D eigenvalue weighted by molar-refractivity contribution is 7.99. The van der Waals surface area contributed by atoms with Crippen molar-refractivity contribution in [2.45, 2.75) is 34.9 Å². The molecule has 1 saturated heterocycles. The van der Waals surface area contributed by atoms with Crippen molar-refractivity contribution in [2.75, 3.05) is 12.3 Å². The lowest BCUT2D eigenvalue weighted by Gasteiger charge is -2.13. The average molecular weight is 376 g/mol. The van der Waals surface area contributed by atoms with Crippen molar-refractivity contribution < 1.29 is 19.7 Å². The monoisotopic (exact) mass is 376 g/mol. The first-order chi connectivity index (χ1) is 12.6. The number of nitrogens with zero attached hydrogens (tertiary/aromatic N) is 5. The van der Waals surface area contributed by atoms with Crippen molar-refractivity contribution in [1.29, 1.82) is 0 Å². The molecule has 0 amide bonds. The van der Waals surface area contributed by atoms with Gasteiger partial charge < -0.3 is 25.9 Å². The number of ether oxygens (including phenoxy) is 1. The lowest BCUT2D eigenvalue weighted by atomic mass is 10.2. The van der Waals surface area contributed by atoms with Crippen LogP contribution in [0.2, 0.25) is 0 Å². The van der Waals surface area contributed by atoms with Crippen LogP contribution in [-0.2, 0) is 4.74 Å². The molecule has 10 nitrogen and oxygen atoms in total. The highest BCUT2D eigenvalue weighted by atomic mass is 32.2. The first-order valence-corrected chi connectivity index (χ1v) is 8.69. The summed E-state index contributed by atoms with van der Waals surface area (Å²) in [6.07, 6.45) is 1.25. The van der Waals surface area contributed by atoms with Gasteiger partial charge in [-0.1, -0.05) is 0 Å². The van der Waals surface area contributed by atoms with Gasteiger partial charge in [-0.15, -0.1) is 0 Å². The highest BCUT2D eigenvalue weighted by Crippen LogP contribution is 2.34. The Morgan fingerprint density at radius 1 is 1.42 bits per heavy atom. The molecule has 11 heteroatoms. The number of nitrogens with two attached hydrogens (primary N) is 1. The Labute approximate surface area is 151 Å². The lowest BCUT2D eigenvalue weighted by molar-refractivity contribution is -0.645. The van der Waals surface area contributed by atoms with Gasteiger partial charge in [-0.05, 0) is 6.07 Å². The standard InChI is InChI=1S/C15H16N6O4S/c16-15-18-13-12(14(19-15)26-11-3-1-2-4-21(11)24)17-7-20(13)10-5-8(23)9(6-22)25-10/h1-4,7-10,22-23H,5-6H2,(H2,16,18,19)/t8-,9+,10+/m0/s1. The Morgan fingerprint density at radius 3 is 3.00 bits per heavy atom. The maximum absolute atomic E-state index is 11.9. The van der Waals surface area contributed by atoms with Crippen LogP contribution in [0.5, 0.6) is 0 Å². The molecular formula is C15H16N6O4S. The molecule has 0 aliphatic carbocycles. The molecule has 4 rings (SSSR count). The van der Waals surface area contributed by atoms with Crippen LogP contribution in [0.15, 0.2) is 40.8 Å². The van der Waals surface area contributed by atoms with Crippen LogP contribution in [-0.4, -0.2) is 48.5 Å². The zero-order valence-electron chi connectivity index (χ0n) is 13.5. The minimum Gasteiger partial charge on any atom is -0.618 e. The summed E-state index contributed by atoms with van der Waals surface area (Å²) in [5.74, 6) is 0.0346. The maximum atomic E-state index is 11.9. The zero-order chi connectivity index (χ0) is 18.3. The topological polar surface area (TPSA) is 146 Å². The predicted molar refractivity (Wildman–Crippen MR) is 90.9 cm³/mol. The van der Waals surface area contributed by atoms with Crippen molar-refractivity contribution in [2.24, 2.45) is 0 Å². The maximum Gasteiger partial charge on any atom is 0.257 e. The first kappa shape index (κ1) is 17.0. The third-order valence-corrected chi connectivity index (χ3v) is 5.09. The van der Waals surface area contributed by atoms with Gasteiger partial charge in [0.25, 0.3) is 5.03 Å². The van der Waals surface area contributed by atoms with Crippen molar-refractivity contribution in [3.05, 3.63) is 35.9 Å². The fourth-order valence-electron chi connectivity index (χ4n) is 2.83. The van der Waals surface area contributed by atoms with E-state index in [1.807, 2.05) is 0 Å². The largest absolute Gasteiger partial charge is 0.618 e. The normalized spacial score (nSPS) is 22.9. The lowest BCUT2D eigenvalue weighted by Crippen LogP contribution is -2.27. The van der Waals surface area contributed by atoms with E-state index in [0.717, 1.165) is 16.5 Å². The van der Waals surface area contributed by atoms with E-state index < -0.39 is 18.4 Å². The molecule has 136 valence electrons. The molecule has 26 heavy (non-hydrogen) atoms. The molecule has 0 bridgehead atoms. The van der Waals surface area contributed by atoms with Gasteiger partial charge in [0.2, 0.25) is 5.95 Å². The summed E-state index contributed by atoms with van der Waals surface area (Å²) in [5, 5.41) is 32.0. The molecule has 0 saturated carbocycles. The van der Waals surface area contributed by atoms with E-state index in [2.05, 4.69) is 15.0 Å². The number of anilines is 1. The van der Waals surface area contributed by atoms with E-state index in [4.69, 9.17) is 10.5 Å². The number of imidazole rings is 1. The van der Waals surface area contributed by atoms with Gasteiger partial charge in [0.05, 0.1) is 19.0 Å². The van der Waals surface area contributed by atoms with Gasteiger partial charge in [-0.2, -0.15) is 9.71 Å². The van der Waals surface area contributed by atoms with E-state index in [-0.39, 0.29) is 12.6 Å². The zero-order valence-corrected chi connectivity index (χ0v) is 14.3. The summed E-state index contributed by atoms with van der Waals surface area (Å²) in [5.41, 5.74) is 6.74. The fourth-order valence-corrected chi connectivity index (χ4v) is 3.70. The summed E-state index contributed by atoms with van der Waals surface area (Å²) in [7, 11) is 0. The molecular weight excluding hydrogens is 360 g/mol. The molecule has 3 aromatic heterocycles. The van der Waals surface area contributed by atoms with Gasteiger partial charge in [0.1, 0.15) is 22.9 Å². The number of aliphatic hydroxyl groups is 2. The van der Waals surface area contributed by atoms with Crippen molar-refractivity contribution in [3.8, 4) is 0 Å². The summed E-state index contributed by atoms with van der Waals surface area (Å²) < 4.78 is 8.03. The van der Waals surface area contributed by atoms with Crippen molar-refractivity contribution >= 4 is 28.9 Å². The van der Waals surface area contributed by atoms with E-state index in [9.17, 15) is 15.4 Å². The second-order valence-corrected chi connectivity index (χ2v) is 6.80. The van der Waals surface area contributed by atoms with Crippen LogP contribution >= 0.6 is 11.8 Å². The van der Waals surface area contributed by atoms with Crippen LogP contribution in [0.3, 0.4) is 0 Å². The van der Waals surface area contributed by atoms with Crippen LogP contribution in [0, 0.1) is 5.21 Å². The number of hydrogen-bond donors (Lipinski definition) is 3. The van der Waals surface area contributed by atoms with Crippen molar-refractivity contribution in [1.82, 2.24) is 19.5 Å². The molecule has 4 heterocycles. The van der Waals surface area contributed by atoms with E-state index in [1.54, 1.807) is 22.8 Å². The Hall–Kier alpha value is -2.47. The molecule has 1 aliphatic rings. The molecule has 0 unspecified atom stereocenters. The van der Waals surface area contributed by atoms with Crippen LogP contribution < -0.4 is 10.5 Å². The number of aliphatic hydroxyl groups excluding tert-OH is 2. The number of hydrogen-bond acceptors (Lipinski definition) is 9. The Kier molecular flexibility index (Phi) is 4.36. The molecule has 0 spiro atoms. The molecule has 1 aliphatic heterocycles. The average Bonchev–Trinajstić information content (AvgIpc) is 3.20. The van der Waals surface area contributed by atoms with Crippen LogP contribution in [0.25, 0.3) is 11.2 Å². The Balaban J connectivity index is 1.73. The minimum absolute atomic E-state index is 0.0346. The molecule has 0 radical (unpaired) electrons. The molecule has 0 aromatic carbocycles. The van der Waals surface area contributed by atoms with E-state index in [1.165, 1.54) is 12.5 Å². The second-order valence-electron chi connectivity index (χ2n) is 5.79. The molecule has 3 atom stereocenters. The van der Waals surface area contributed by atoms with E-state index in [0.29, 0.717) is 27.6 Å². The molecule has 3 aromatic rings. The summed E-state index contributed by atoms with van der Waals surface area (Å²) in [6, 6.07) is 5.05. The van der Waals surface area contributed by atoms with E-state index >= 15 is 0 Å². The van der Waals surface area contributed by atoms with Crippen molar-refractivity contribution in [3.63, 3.8) is 0 Å². The summed E-state index contributed by atoms with van der Waals surface area (Å²) in [6.45, 7) is -0.278. The minimum atomic E-state index is -0.779. The smallest absolute Gasteiger partial charge is 0.257 e. The molecule has 4 N–H and O–H groups in total. The Morgan fingerprint density at radius 2 is 2.27 bits per heavy atom. The number of rotatable bonds is 4. The van der Waals surface area contributed by atoms with Crippen LogP contribution in [0.1, 0.15) is 12.6 Å². The highest BCUT2D eigenvalue weighted by Gasteiger charge is 2.35. The van der Waals surface area contributed by atoms with Gasteiger partial charge >= 0.3 is 0 Å². The SMILES string of the molecule is Nc1nc(Sc2cccc[n+]2[O-])c2ncn([C@H]3C[C@H](O)[C@@H](CO)O3)c2n1. The molecule has 1 fully saturated rings. The Bertz CT molecular complexity index is 951. The number of nitrogen functional groups attached to an aromatic ring is 1. The van der Waals surface area contributed by atoms with Gasteiger partial charge in [-0.25, -0.2) is 9.97 Å². The quantitative estimate of drug-likeness (QED) is 0.321. The van der Waals surface area contributed by atoms with Gasteiger partial charge in [-0.3, -0.25) is 4.57 Å². The van der Waals surface area contributed by atoms with Crippen LogP contribution in [0.4, 0.5) is 5.95 Å². The third-order valence-electron chi connectivity index (χ3n) is 4.09.